The van der Waals surface area contributed by atoms with Crippen molar-refractivity contribution in [1.82, 2.24) is 0 Å². The van der Waals surface area contributed by atoms with Gasteiger partial charge in [-0.05, 0) is 83.9 Å². The molecule has 0 atom stereocenters. The minimum atomic E-state index is 0.143. The van der Waals surface area contributed by atoms with Crippen LogP contribution >= 0.6 is 0 Å². The van der Waals surface area contributed by atoms with E-state index in [0.717, 1.165) is 33.9 Å². The Bertz CT molecular complexity index is 1500. The Labute approximate surface area is 234 Å². The summed E-state index contributed by atoms with van der Waals surface area (Å²) in [6, 6.07) is 51.1. The highest BCUT2D eigenvalue weighted by Crippen LogP contribution is 2.44. The Balaban J connectivity index is 1.38. The molecular weight excluding hydrogens is 492 g/mol. The molecule has 0 aromatic heterocycles. The highest BCUT2D eigenvalue weighted by Gasteiger charge is 2.19. The smallest absolute Gasteiger partial charge is 0.140 e. The minimum Gasteiger partial charge on any atom is -0.506 e. The van der Waals surface area contributed by atoms with Crippen molar-refractivity contribution in [1.29, 1.82) is 0 Å². The molecule has 0 bridgehead atoms. The van der Waals surface area contributed by atoms with Gasteiger partial charge >= 0.3 is 0 Å². The van der Waals surface area contributed by atoms with E-state index in [2.05, 4.69) is 0 Å². The molecule has 0 saturated heterocycles. The zero-order valence-corrected chi connectivity index (χ0v) is 21.8. The van der Waals surface area contributed by atoms with Crippen LogP contribution < -0.4 is 9.80 Å². The summed E-state index contributed by atoms with van der Waals surface area (Å²) in [5.41, 5.74) is 6.72. The van der Waals surface area contributed by atoms with Crippen molar-refractivity contribution in [2.75, 3.05) is 9.80 Å². The molecule has 0 aliphatic rings. The molecule has 0 amide bonds. The number of para-hydroxylation sites is 4. The number of anilines is 6. The standard InChI is InChI=1S/C36H28N2O2/c39-35-25-27(21-23-33(35)37(29-13-5-1-6-14-29)30-15-7-2-8-16-30)28-22-24-34(36(40)26-28)38(31-17-9-3-10-18-31)32-19-11-4-12-20-32/h1-26,39-40H. The van der Waals surface area contributed by atoms with E-state index in [1.165, 1.54) is 0 Å². The lowest BCUT2D eigenvalue weighted by molar-refractivity contribution is 0.475. The SMILES string of the molecule is Oc1cc(-c2ccc(N(c3ccccc3)c3ccccc3)c(O)c2)ccc1N(c1ccccc1)c1ccccc1. The first-order valence-electron chi connectivity index (χ1n) is 13.2. The van der Waals surface area contributed by atoms with E-state index < -0.39 is 0 Å². The second-order valence-electron chi connectivity index (χ2n) is 9.42. The maximum absolute atomic E-state index is 11.2. The van der Waals surface area contributed by atoms with Gasteiger partial charge in [-0.2, -0.15) is 0 Å². The zero-order chi connectivity index (χ0) is 27.3. The molecule has 0 fully saturated rings. The van der Waals surface area contributed by atoms with E-state index in [-0.39, 0.29) is 11.5 Å². The van der Waals surface area contributed by atoms with Crippen LogP contribution in [0.5, 0.6) is 11.5 Å². The van der Waals surface area contributed by atoms with Crippen molar-refractivity contribution in [3.8, 4) is 22.6 Å². The average Bonchev–Trinajstić information content (AvgIpc) is 3.01. The van der Waals surface area contributed by atoms with Gasteiger partial charge in [-0.3, -0.25) is 0 Å². The van der Waals surface area contributed by atoms with Crippen LogP contribution in [0, 0.1) is 0 Å². The number of phenolic OH excluding ortho intramolecular Hbond substituents is 2. The molecule has 40 heavy (non-hydrogen) atoms. The molecule has 194 valence electrons. The molecule has 0 aliphatic carbocycles. The van der Waals surface area contributed by atoms with Crippen molar-refractivity contribution in [2.24, 2.45) is 0 Å². The van der Waals surface area contributed by atoms with E-state index in [9.17, 15) is 10.2 Å². The topological polar surface area (TPSA) is 46.9 Å². The molecule has 0 unspecified atom stereocenters. The van der Waals surface area contributed by atoms with E-state index in [0.29, 0.717) is 11.4 Å². The highest BCUT2D eigenvalue weighted by atomic mass is 16.3. The summed E-state index contributed by atoms with van der Waals surface area (Å²) in [4.78, 5) is 4.05. The summed E-state index contributed by atoms with van der Waals surface area (Å²) in [6.07, 6.45) is 0. The minimum absolute atomic E-state index is 0.143. The molecule has 4 heteroatoms. The van der Waals surface area contributed by atoms with E-state index >= 15 is 0 Å². The third-order valence-corrected chi connectivity index (χ3v) is 6.82. The van der Waals surface area contributed by atoms with E-state index in [4.69, 9.17) is 0 Å². The molecule has 0 saturated carbocycles. The van der Waals surface area contributed by atoms with Gasteiger partial charge in [0, 0.05) is 22.7 Å². The summed E-state index contributed by atoms with van der Waals surface area (Å²) in [5.74, 6) is 0.285. The Hall–Kier alpha value is -5.48. The number of aromatic hydroxyl groups is 2. The molecule has 0 aliphatic heterocycles. The van der Waals surface area contributed by atoms with Gasteiger partial charge in [0.2, 0.25) is 0 Å². The van der Waals surface area contributed by atoms with Crippen LogP contribution in [0.3, 0.4) is 0 Å². The van der Waals surface area contributed by atoms with Gasteiger partial charge in [0.15, 0.2) is 0 Å². The first-order chi connectivity index (χ1) is 19.7. The third kappa shape index (κ3) is 4.98. The first kappa shape index (κ1) is 24.8. The van der Waals surface area contributed by atoms with Gasteiger partial charge in [-0.1, -0.05) is 84.9 Å². The maximum Gasteiger partial charge on any atom is 0.140 e. The maximum atomic E-state index is 11.2. The van der Waals surface area contributed by atoms with Crippen LogP contribution in [-0.2, 0) is 0 Å². The second-order valence-corrected chi connectivity index (χ2v) is 9.42. The van der Waals surface area contributed by atoms with Gasteiger partial charge in [0.1, 0.15) is 11.5 Å². The monoisotopic (exact) mass is 520 g/mol. The summed E-state index contributed by atoms with van der Waals surface area (Å²) >= 11 is 0. The largest absolute Gasteiger partial charge is 0.506 e. The van der Waals surface area contributed by atoms with Gasteiger partial charge in [0.05, 0.1) is 11.4 Å². The predicted molar refractivity (Wildman–Crippen MR) is 165 cm³/mol. The van der Waals surface area contributed by atoms with Crippen LogP contribution in [0.2, 0.25) is 0 Å². The molecule has 6 rings (SSSR count). The van der Waals surface area contributed by atoms with Crippen molar-refractivity contribution in [2.45, 2.75) is 0 Å². The quantitative estimate of drug-likeness (QED) is 0.220. The van der Waals surface area contributed by atoms with Gasteiger partial charge in [-0.25, -0.2) is 0 Å². The van der Waals surface area contributed by atoms with E-state index in [1.54, 1.807) is 12.1 Å². The van der Waals surface area contributed by atoms with Crippen molar-refractivity contribution < 1.29 is 10.2 Å². The Morgan fingerprint density at radius 2 is 0.600 bits per heavy atom. The molecule has 4 nitrogen and oxygen atoms in total. The van der Waals surface area contributed by atoms with Gasteiger partial charge < -0.3 is 20.0 Å². The summed E-state index contributed by atoms with van der Waals surface area (Å²) in [5, 5.41) is 22.5. The van der Waals surface area contributed by atoms with E-state index in [1.807, 2.05) is 155 Å². The third-order valence-electron chi connectivity index (χ3n) is 6.82. The molecule has 6 aromatic carbocycles. The van der Waals surface area contributed by atoms with Crippen molar-refractivity contribution in [3.63, 3.8) is 0 Å². The molecule has 0 spiro atoms. The number of hydrogen-bond acceptors (Lipinski definition) is 4. The predicted octanol–water partition coefficient (Wildman–Crippen LogP) is 9.70. The van der Waals surface area contributed by atoms with Gasteiger partial charge in [0.25, 0.3) is 0 Å². The summed E-state index contributed by atoms with van der Waals surface area (Å²) < 4.78 is 0. The number of hydrogen-bond donors (Lipinski definition) is 2. The van der Waals surface area contributed by atoms with Crippen LogP contribution in [0.25, 0.3) is 11.1 Å². The fourth-order valence-electron chi connectivity index (χ4n) is 4.95. The first-order valence-corrected chi connectivity index (χ1v) is 13.2. The van der Waals surface area contributed by atoms with Crippen LogP contribution in [-0.4, -0.2) is 10.2 Å². The van der Waals surface area contributed by atoms with Crippen molar-refractivity contribution >= 4 is 34.1 Å². The fraction of sp³-hybridized carbons (Fsp3) is 0. The molecule has 6 aromatic rings. The number of phenols is 2. The Morgan fingerprint density at radius 1 is 0.325 bits per heavy atom. The number of rotatable bonds is 7. The molecule has 0 radical (unpaired) electrons. The molecular formula is C36H28N2O2. The second kappa shape index (κ2) is 11.1. The molecule has 2 N–H and O–H groups in total. The van der Waals surface area contributed by atoms with Crippen LogP contribution in [0.4, 0.5) is 34.1 Å². The Kier molecular flexibility index (Phi) is 6.89. The average molecular weight is 521 g/mol. The lowest BCUT2D eigenvalue weighted by Gasteiger charge is -2.27. The fourth-order valence-corrected chi connectivity index (χ4v) is 4.95. The van der Waals surface area contributed by atoms with Gasteiger partial charge in [-0.15, -0.1) is 0 Å². The lowest BCUT2D eigenvalue weighted by atomic mass is 10.0. The lowest BCUT2D eigenvalue weighted by Crippen LogP contribution is -2.10. The normalized spacial score (nSPS) is 10.7. The Morgan fingerprint density at radius 3 is 0.850 bits per heavy atom. The molecule has 0 heterocycles. The highest BCUT2D eigenvalue weighted by molar-refractivity contribution is 5.85. The summed E-state index contributed by atoms with van der Waals surface area (Å²) in [7, 11) is 0. The number of nitrogens with zero attached hydrogens (tertiary/aromatic N) is 2. The van der Waals surface area contributed by atoms with Crippen LogP contribution in [0.1, 0.15) is 0 Å². The van der Waals surface area contributed by atoms with Crippen LogP contribution in [0.15, 0.2) is 158 Å². The van der Waals surface area contributed by atoms with Crippen molar-refractivity contribution in [3.05, 3.63) is 158 Å². The zero-order valence-electron chi connectivity index (χ0n) is 21.8. The summed E-state index contributed by atoms with van der Waals surface area (Å²) in [6.45, 7) is 0. The number of benzene rings is 6.